The molecule has 12 heteroatoms. The van der Waals surface area contributed by atoms with Gasteiger partial charge in [-0.25, -0.2) is 14.4 Å². The third-order valence-corrected chi connectivity index (χ3v) is 4.04. The normalized spacial score (nSPS) is 9.45. The summed E-state index contributed by atoms with van der Waals surface area (Å²) in [7, 11) is 0. The van der Waals surface area contributed by atoms with E-state index < -0.39 is 28.7 Å². The predicted octanol–water partition coefficient (Wildman–Crippen LogP) is -0.510. The third kappa shape index (κ3) is 29.4. The molecule has 0 spiro atoms. The summed E-state index contributed by atoms with van der Waals surface area (Å²) >= 11 is 0. The maximum Gasteiger partial charge on any atom is 0.327 e. The zero-order valence-electron chi connectivity index (χ0n) is 19.3. The lowest BCUT2D eigenvalue weighted by Crippen LogP contribution is -2.32. The van der Waals surface area contributed by atoms with Gasteiger partial charge in [-0.2, -0.15) is 0 Å². The Kier molecular flexibility index (Phi) is 33.8. The number of hydrogen-bond acceptors (Lipinski definition) is 9. The number of aliphatic carboxylic acids is 3. The van der Waals surface area contributed by atoms with Crippen LogP contribution in [0.5, 0.6) is 0 Å². The second-order valence-electron chi connectivity index (χ2n) is 6.28. The van der Waals surface area contributed by atoms with E-state index in [1.54, 1.807) is 0 Å². The smallest absolute Gasteiger partial charge is 0.327 e. The fourth-order valence-electron chi connectivity index (χ4n) is 0.971. The summed E-state index contributed by atoms with van der Waals surface area (Å²) in [6.07, 6.45) is 3.69. The SMILES string of the molecule is C=CC(=O)O.C=CC(=O)O.C=CC(=O)O.CCC(CO)(CO)CO.CCC(CO)(CO)CO. The molecule has 33 heavy (non-hydrogen) atoms. The molecule has 12 nitrogen and oxygen atoms in total. The first-order valence-corrected chi connectivity index (χ1v) is 9.51. The van der Waals surface area contributed by atoms with Gasteiger partial charge in [0.15, 0.2) is 0 Å². The van der Waals surface area contributed by atoms with Gasteiger partial charge in [-0.15, -0.1) is 0 Å². The summed E-state index contributed by atoms with van der Waals surface area (Å²) in [4.78, 5) is 27.8. The fraction of sp³-hybridized carbons (Fsp3) is 0.571. The lowest BCUT2D eigenvalue weighted by Gasteiger charge is -2.24. The Labute approximate surface area is 194 Å². The largest absolute Gasteiger partial charge is 0.478 e. The average molecular weight is 485 g/mol. The van der Waals surface area contributed by atoms with E-state index in [4.69, 9.17) is 46.0 Å². The molecule has 0 aliphatic rings. The average Bonchev–Trinajstić information content (AvgIpc) is 2.84. The highest BCUT2D eigenvalue weighted by Gasteiger charge is 2.25. The highest BCUT2D eigenvalue weighted by atomic mass is 16.4. The van der Waals surface area contributed by atoms with Crippen molar-refractivity contribution in [3.05, 3.63) is 38.0 Å². The molecular formula is C21H40O12. The molecule has 0 saturated heterocycles. The molecule has 0 bridgehead atoms. The topological polar surface area (TPSA) is 233 Å². The summed E-state index contributed by atoms with van der Waals surface area (Å²) in [6, 6.07) is 0. The van der Waals surface area contributed by atoms with Crippen LogP contribution in [-0.4, -0.2) is 104 Å². The van der Waals surface area contributed by atoms with Crippen LogP contribution in [0.15, 0.2) is 38.0 Å². The van der Waals surface area contributed by atoms with Crippen molar-refractivity contribution in [1.29, 1.82) is 0 Å². The van der Waals surface area contributed by atoms with Crippen molar-refractivity contribution in [2.24, 2.45) is 10.8 Å². The molecule has 0 aromatic rings. The van der Waals surface area contributed by atoms with Gasteiger partial charge in [0.2, 0.25) is 0 Å². The van der Waals surface area contributed by atoms with Crippen LogP contribution in [0.4, 0.5) is 0 Å². The van der Waals surface area contributed by atoms with Crippen LogP contribution in [0.1, 0.15) is 26.7 Å². The maximum absolute atomic E-state index is 9.25. The minimum Gasteiger partial charge on any atom is -0.478 e. The number of hydrogen-bond donors (Lipinski definition) is 9. The molecule has 0 atom stereocenters. The second kappa shape index (κ2) is 27.4. The Balaban J connectivity index is -0.000000102. The highest BCUT2D eigenvalue weighted by Crippen LogP contribution is 2.18. The van der Waals surface area contributed by atoms with Crippen LogP contribution in [0, 0.1) is 10.8 Å². The molecule has 0 aliphatic heterocycles. The summed E-state index contributed by atoms with van der Waals surface area (Å²) in [5.41, 5.74) is -1.33. The maximum atomic E-state index is 9.25. The number of carboxylic acid groups (broad SMARTS) is 3. The molecule has 0 rings (SSSR count). The van der Waals surface area contributed by atoms with Crippen molar-refractivity contribution < 1.29 is 60.3 Å². The Morgan fingerprint density at radius 2 is 0.667 bits per heavy atom. The van der Waals surface area contributed by atoms with E-state index in [2.05, 4.69) is 19.7 Å². The molecule has 0 aromatic carbocycles. The van der Waals surface area contributed by atoms with Crippen LogP contribution in [0.25, 0.3) is 0 Å². The lowest BCUT2D eigenvalue weighted by molar-refractivity contribution is -0.132. The van der Waals surface area contributed by atoms with Crippen LogP contribution < -0.4 is 0 Å². The Morgan fingerprint density at radius 1 is 0.545 bits per heavy atom. The Bertz CT molecular complexity index is 426. The number of aliphatic hydroxyl groups excluding tert-OH is 6. The first-order chi connectivity index (χ1) is 15.3. The van der Waals surface area contributed by atoms with Crippen LogP contribution >= 0.6 is 0 Å². The van der Waals surface area contributed by atoms with E-state index >= 15 is 0 Å². The standard InChI is InChI=1S/2C6H14O3.3C3H4O2/c2*1-2-6(3-7,4-8)5-9;3*1-2-3(4)5/h2*7-9H,2-5H2,1H3;3*2H,1H2,(H,4,5). The zero-order chi connectivity index (χ0) is 27.5. The molecule has 0 unspecified atom stereocenters. The Hall–Kier alpha value is -2.61. The Morgan fingerprint density at radius 3 is 0.667 bits per heavy atom. The molecular weight excluding hydrogens is 444 g/mol. The van der Waals surface area contributed by atoms with Gasteiger partial charge in [-0.3, -0.25) is 0 Å². The van der Waals surface area contributed by atoms with E-state index in [-0.39, 0.29) is 39.6 Å². The third-order valence-electron chi connectivity index (χ3n) is 4.04. The molecule has 0 heterocycles. The molecule has 9 N–H and O–H groups in total. The number of rotatable bonds is 11. The first kappa shape index (κ1) is 40.7. The van der Waals surface area contributed by atoms with E-state index in [9.17, 15) is 14.4 Å². The number of carbonyl (C=O) groups is 3. The molecule has 0 saturated carbocycles. The van der Waals surface area contributed by atoms with Gasteiger partial charge in [-0.1, -0.05) is 33.6 Å². The van der Waals surface area contributed by atoms with Gasteiger partial charge >= 0.3 is 17.9 Å². The summed E-state index contributed by atoms with van der Waals surface area (Å²) in [6.45, 7) is 11.6. The minimum absolute atomic E-state index is 0.156. The molecule has 0 aliphatic carbocycles. The van der Waals surface area contributed by atoms with Crippen molar-refractivity contribution >= 4 is 17.9 Å². The summed E-state index contributed by atoms with van der Waals surface area (Å²) in [5.74, 6) is -2.94. The van der Waals surface area contributed by atoms with Crippen LogP contribution in [-0.2, 0) is 14.4 Å². The van der Waals surface area contributed by atoms with Gasteiger partial charge in [0.25, 0.3) is 0 Å². The molecule has 0 radical (unpaired) electrons. The molecule has 0 fully saturated rings. The highest BCUT2D eigenvalue weighted by molar-refractivity contribution is 5.79. The first-order valence-electron chi connectivity index (χ1n) is 9.51. The number of carboxylic acids is 3. The van der Waals surface area contributed by atoms with Crippen molar-refractivity contribution in [2.45, 2.75) is 26.7 Å². The fourth-order valence-corrected chi connectivity index (χ4v) is 0.971. The van der Waals surface area contributed by atoms with Crippen molar-refractivity contribution in [1.82, 2.24) is 0 Å². The molecule has 196 valence electrons. The van der Waals surface area contributed by atoms with E-state index in [0.29, 0.717) is 12.8 Å². The van der Waals surface area contributed by atoms with Gasteiger partial charge in [0.05, 0.1) is 39.6 Å². The summed E-state index contributed by atoms with van der Waals surface area (Å²) < 4.78 is 0. The quantitative estimate of drug-likeness (QED) is 0.169. The minimum atomic E-state index is -0.981. The van der Waals surface area contributed by atoms with Crippen LogP contribution in [0.3, 0.4) is 0 Å². The van der Waals surface area contributed by atoms with E-state index in [0.717, 1.165) is 18.2 Å². The van der Waals surface area contributed by atoms with Gasteiger partial charge in [0.1, 0.15) is 0 Å². The van der Waals surface area contributed by atoms with Gasteiger partial charge < -0.3 is 46.0 Å². The van der Waals surface area contributed by atoms with Crippen molar-refractivity contribution in [3.63, 3.8) is 0 Å². The van der Waals surface area contributed by atoms with Crippen LogP contribution in [0.2, 0.25) is 0 Å². The molecule has 0 aromatic heterocycles. The van der Waals surface area contributed by atoms with Crippen molar-refractivity contribution in [3.8, 4) is 0 Å². The van der Waals surface area contributed by atoms with Crippen molar-refractivity contribution in [2.75, 3.05) is 39.6 Å². The molecule has 0 amide bonds. The van der Waals surface area contributed by atoms with E-state index in [1.807, 2.05) is 13.8 Å². The predicted molar refractivity (Wildman–Crippen MR) is 121 cm³/mol. The number of aliphatic hydroxyl groups is 6. The monoisotopic (exact) mass is 484 g/mol. The summed E-state index contributed by atoms with van der Waals surface area (Å²) in [5, 5.41) is 74.8. The van der Waals surface area contributed by atoms with Gasteiger partial charge in [-0.05, 0) is 12.8 Å². The lowest BCUT2D eigenvalue weighted by atomic mass is 9.88. The zero-order valence-corrected chi connectivity index (χ0v) is 19.3. The van der Waals surface area contributed by atoms with Gasteiger partial charge in [0, 0.05) is 29.1 Å². The van der Waals surface area contributed by atoms with E-state index in [1.165, 1.54) is 0 Å². The second-order valence-corrected chi connectivity index (χ2v) is 6.28.